The highest BCUT2D eigenvalue weighted by Gasteiger charge is 2.51. The standard InChI is InChI=1S/C23H33N3O/c27-22(26-8-4-1-5-9-26)16-24-20-6-2-3-7-21(20)25-23-13-17-10-18(14-23)12-19(11-17)15-23/h2-3,6-7,17-19,24-25H,1,4-5,8-16H2. The minimum atomic E-state index is 0.235. The van der Waals surface area contributed by atoms with Crippen molar-refractivity contribution in [3.05, 3.63) is 24.3 Å². The van der Waals surface area contributed by atoms with Crippen molar-refractivity contribution in [2.24, 2.45) is 17.8 Å². The largest absolute Gasteiger partial charge is 0.378 e. The summed E-state index contributed by atoms with van der Waals surface area (Å²) in [5.41, 5.74) is 2.56. The first-order valence-corrected chi connectivity index (χ1v) is 11.1. The lowest BCUT2D eigenvalue weighted by Gasteiger charge is -2.57. The summed E-state index contributed by atoms with van der Waals surface area (Å²) in [6.45, 7) is 2.25. The van der Waals surface area contributed by atoms with Gasteiger partial charge < -0.3 is 15.5 Å². The summed E-state index contributed by atoms with van der Waals surface area (Å²) in [6.07, 6.45) is 11.9. The van der Waals surface area contributed by atoms with E-state index in [0.29, 0.717) is 12.1 Å². The van der Waals surface area contributed by atoms with E-state index in [4.69, 9.17) is 0 Å². The molecule has 1 aromatic rings. The number of carbonyl (C=O) groups is 1. The summed E-state index contributed by atoms with van der Waals surface area (Å²) in [5, 5.41) is 7.41. The predicted octanol–water partition coefficient (Wildman–Crippen LogP) is 4.49. The second-order valence-corrected chi connectivity index (χ2v) is 9.66. The molecule has 4 saturated carbocycles. The van der Waals surface area contributed by atoms with E-state index in [0.717, 1.165) is 49.4 Å². The molecule has 4 bridgehead atoms. The number of hydrogen-bond acceptors (Lipinski definition) is 3. The molecule has 6 rings (SSSR count). The number of benzene rings is 1. The average molecular weight is 368 g/mol. The first-order chi connectivity index (χ1) is 13.2. The quantitative estimate of drug-likeness (QED) is 0.806. The molecule has 4 heteroatoms. The highest BCUT2D eigenvalue weighted by molar-refractivity contribution is 5.82. The maximum atomic E-state index is 12.5. The van der Waals surface area contributed by atoms with Gasteiger partial charge in [-0.25, -0.2) is 0 Å². The van der Waals surface area contributed by atoms with Gasteiger partial charge in [-0.15, -0.1) is 0 Å². The van der Waals surface area contributed by atoms with Crippen molar-refractivity contribution in [3.8, 4) is 0 Å². The molecule has 0 aromatic heterocycles. The maximum Gasteiger partial charge on any atom is 0.241 e. The number of likely N-dealkylation sites (tertiary alicyclic amines) is 1. The van der Waals surface area contributed by atoms with Crippen molar-refractivity contribution in [3.63, 3.8) is 0 Å². The number of rotatable bonds is 5. The Morgan fingerprint density at radius 3 is 2.15 bits per heavy atom. The van der Waals surface area contributed by atoms with Gasteiger partial charge in [-0.2, -0.15) is 0 Å². The minimum Gasteiger partial charge on any atom is -0.378 e. The van der Waals surface area contributed by atoms with Crippen molar-refractivity contribution in [2.75, 3.05) is 30.3 Å². The molecule has 0 spiro atoms. The average Bonchev–Trinajstić information content (AvgIpc) is 2.66. The first-order valence-electron chi connectivity index (χ1n) is 11.1. The molecule has 1 heterocycles. The van der Waals surface area contributed by atoms with E-state index in [1.54, 1.807) is 0 Å². The molecule has 1 saturated heterocycles. The molecule has 0 atom stereocenters. The number of nitrogens with one attached hydrogen (secondary N) is 2. The summed E-state index contributed by atoms with van der Waals surface area (Å²) in [4.78, 5) is 14.6. The summed E-state index contributed by atoms with van der Waals surface area (Å²) in [7, 11) is 0. The molecule has 5 aliphatic rings. The van der Waals surface area contributed by atoms with E-state index in [-0.39, 0.29) is 5.91 Å². The fourth-order valence-corrected chi connectivity index (χ4v) is 6.72. The van der Waals surface area contributed by atoms with E-state index in [1.165, 1.54) is 50.6 Å². The SMILES string of the molecule is O=C(CNc1ccccc1NC12CC3CC(CC(C3)C1)C2)N1CCCCC1. The van der Waals surface area contributed by atoms with Crippen molar-refractivity contribution in [1.29, 1.82) is 0 Å². The molecule has 1 aliphatic heterocycles. The van der Waals surface area contributed by atoms with Crippen LogP contribution in [0, 0.1) is 17.8 Å². The molecule has 4 aliphatic carbocycles. The van der Waals surface area contributed by atoms with Crippen molar-refractivity contribution in [1.82, 2.24) is 4.90 Å². The molecule has 1 aromatic carbocycles. The van der Waals surface area contributed by atoms with Gasteiger partial charge >= 0.3 is 0 Å². The Labute approximate surface area is 163 Å². The number of anilines is 2. The lowest BCUT2D eigenvalue weighted by Crippen LogP contribution is -2.54. The second kappa shape index (κ2) is 7.03. The Balaban J connectivity index is 1.26. The highest BCUT2D eigenvalue weighted by Crippen LogP contribution is 2.56. The summed E-state index contributed by atoms with van der Waals surface area (Å²) in [6, 6.07) is 8.48. The molecule has 146 valence electrons. The van der Waals surface area contributed by atoms with E-state index in [1.807, 2.05) is 4.90 Å². The molecule has 27 heavy (non-hydrogen) atoms. The van der Waals surface area contributed by atoms with E-state index in [2.05, 4.69) is 34.9 Å². The maximum absolute atomic E-state index is 12.5. The van der Waals surface area contributed by atoms with E-state index < -0.39 is 0 Å². The van der Waals surface area contributed by atoms with Gasteiger partial charge in [0.15, 0.2) is 0 Å². The third-order valence-corrected chi connectivity index (χ3v) is 7.50. The molecule has 4 nitrogen and oxygen atoms in total. The summed E-state index contributed by atoms with van der Waals surface area (Å²) >= 11 is 0. The number of para-hydroxylation sites is 2. The third-order valence-electron chi connectivity index (χ3n) is 7.50. The zero-order valence-electron chi connectivity index (χ0n) is 16.4. The molecule has 5 fully saturated rings. The third kappa shape index (κ3) is 3.55. The molecular weight excluding hydrogens is 334 g/mol. The molecule has 0 radical (unpaired) electrons. The fourth-order valence-electron chi connectivity index (χ4n) is 6.72. The van der Waals surface area contributed by atoms with Crippen molar-refractivity contribution < 1.29 is 4.79 Å². The Morgan fingerprint density at radius 1 is 0.926 bits per heavy atom. The van der Waals surface area contributed by atoms with Crippen LogP contribution in [0.4, 0.5) is 11.4 Å². The number of nitrogens with zero attached hydrogens (tertiary/aromatic N) is 1. The molecule has 2 N–H and O–H groups in total. The van der Waals surface area contributed by atoms with Crippen LogP contribution >= 0.6 is 0 Å². The Morgan fingerprint density at radius 2 is 1.52 bits per heavy atom. The van der Waals surface area contributed by atoms with Crippen LogP contribution in [0.15, 0.2) is 24.3 Å². The molecular formula is C23H33N3O. The highest BCUT2D eigenvalue weighted by atomic mass is 16.2. The summed E-state index contributed by atoms with van der Waals surface area (Å²) in [5.74, 6) is 3.04. The van der Waals surface area contributed by atoms with Crippen LogP contribution < -0.4 is 10.6 Å². The van der Waals surface area contributed by atoms with Crippen LogP contribution in [0.5, 0.6) is 0 Å². The minimum absolute atomic E-state index is 0.235. The summed E-state index contributed by atoms with van der Waals surface area (Å²) < 4.78 is 0. The number of carbonyl (C=O) groups excluding carboxylic acids is 1. The fraction of sp³-hybridized carbons (Fsp3) is 0.696. The van der Waals surface area contributed by atoms with Gasteiger partial charge in [0.05, 0.1) is 17.9 Å². The van der Waals surface area contributed by atoms with Gasteiger partial charge in [-0.05, 0) is 87.7 Å². The monoisotopic (exact) mass is 367 g/mol. The van der Waals surface area contributed by atoms with Gasteiger partial charge in [0, 0.05) is 18.6 Å². The van der Waals surface area contributed by atoms with Crippen molar-refractivity contribution in [2.45, 2.75) is 63.3 Å². The first kappa shape index (κ1) is 17.4. The molecule has 1 amide bonds. The predicted molar refractivity (Wildman–Crippen MR) is 110 cm³/mol. The smallest absolute Gasteiger partial charge is 0.241 e. The van der Waals surface area contributed by atoms with E-state index >= 15 is 0 Å². The van der Waals surface area contributed by atoms with E-state index in [9.17, 15) is 4.79 Å². The van der Waals surface area contributed by atoms with Crippen molar-refractivity contribution >= 4 is 17.3 Å². The van der Waals surface area contributed by atoms with Crippen LogP contribution in [0.2, 0.25) is 0 Å². The normalized spacial score (nSPS) is 34.5. The number of hydrogen-bond donors (Lipinski definition) is 2. The van der Waals surface area contributed by atoms with Gasteiger partial charge in [0.2, 0.25) is 5.91 Å². The van der Waals surface area contributed by atoms with Crippen LogP contribution in [0.3, 0.4) is 0 Å². The van der Waals surface area contributed by atoms with Gasteiger partial charge in [0.1, 0.15) is 0 Å². The van der Waals surface area contributed by atoms with Crippen LogP contribution in [0.25, 0.3) is 0 Å². The zero-order valence-corrected chi connectivity index (χ0v) is 16.4. The lowest BCUT2D eigenvalue weighted by atomic mass is 9.53. The lowest BCUT2D eigenvalue weighted by molar-refractivity contribution is -0.130. The van der Waals surface area contributed by atoms with Crippen LogP contribution in [-0.2, 0) is 4.79 Å². The topological polar surface area (TPSA) is 44.4 Å². The number of piperidine rings is 1. The van der Waals surface area contributed by atoms with Gasteiger partial charge in [0.25, 0.3) is 0 Å². The number of amides is 1. The van der Waals surface area contributed by atoms with Crippen LogP contribution in [-0.4, -0.2) is 36.0 Å². The Hall–Kier alpha value is -1.71. The van der Waals surface area contributed by atoms with Crippen LogP contribution in [0.1, 0.15) is 57.8 Å². The Kier molecular flexibility index (Phi) is 4.53. The zero-order chi connectivity index (χ0) is 18.3. The van der Waals surface area contributed by atoms with Gasteiger partial charge in [-0.3, -0.25) is 4.79 Å². The van der Waals surface area contributed by atoms with Gasteiger partial charge in [-0.1, -0.05) is 12.1 Å². The molecule has 0 unspecified atom stereocenters. The Bertz CT molecular complexity index is 659. The second-order valence-electron chi connectivity index (χ2n) is 9.66.